The molecular weight excluding hydrogens is 244 g/mol. The van der Waals surface area contributed by atoms with E-state index in [2.05, 4.69) is 0 Å². The molecule has 0 spiro atoms. The van der Waals surface area contributed by atoms with Crippen LogP contribution in [-0.4, -0.2) is 63.7 Å². The van der Waals surface area contributed by atoms with Gasteiger partial charge in [0.15, 0.2) is 0 Å². The summed E-state index contributed by atoms with van der Waals surface area (Å²) < 4.78 is 9.90. The van der Waals surface area contributed by atoms with Gasteiger partial charge in [-0.1, -0.05) is 13.8 Å². The predicted molar refractivity (Wildman–Crippen MR) is 59.3 cm³/mol. The summed E-state index contributed by atoms with van der Waals surface area (Å²) in [4.78, 5) is 11.4. The lowest BCUT2D eigenvalue weighted by Crippen LogP contribution is -2.59. The van der Waals surface area contributed by atoms with Crippen molar-refractivity contribution in [3.8, 4) is 0 Å². The summed E-state index contributed by atoms with van der Waals surface area (Å²) in [6, 6.07) is 0. The van der Waals surface area contributed by atoms with E-state index in [0.29, 0.717) is 0 Å². The molecule has 0 amide bonds. The average Bonchev–Trinajstić information content (AvgIpc) is 2.29. The molecule has 0 aliphatic carbocycles. The molecule has 1 heterocycles. The van der Waals surface area contributed by atoms with Crippen LogP contribution in [0.2, 0.25) is 0 Å². The fourth-order valence-electron chi connectivity index (χ4n) is 1.68. The Morgan fingerprint density at radius 3 is 2.33 bits per heavy atom. The van der Waals surface area contributed by atoms with Crippen LogP contribution in [0.3, 0.4) is 0 Å². The Morgan fingerprint density at radius 1 is 1.22 bits per heavy atom. The monoisotopic (exact) mass is 264 g/mol. The van der Waals surface area contributed by atoms with Crippen LogP contribution in [0.15, 0.2) is 0 Å². The van der Waals surface area contributed by atoms with Crippen molar-refractivity contribution in [2.45, 2.75) is 51.0 Å². The van der Waals surface area contributed by atoms with Gasteiger partial charge in [0.2, 0.25) is 6.29 Å². The van der Waals surface area contributed by atoms with Gasteiger partial charge in [-0.25, -0.2) is 0 Å². The molecule has 0 aromatic carbocycles. The Labute approximate surface area is 105 Å². The van der Waals surface area contributed by atoms with Crippen molar-refractivity contribution in [3.63, 3.8) is 0 Å². The molecule has 7 nitrogen and oxygen atoms in total. The van der Waals surface area contributed by atoms with Crippen LogP contribution in [-0.2, 0) is 14.3 Å². The Balaban J connectivity index is 2.61. The maximum absolute atomic E-state index is 11.4. The molecule has 4 N–H and O–H groups in total. The van der Waals surface area contributed by atoms with Crippen LogP contribution in [0.4, 0.5) is 0 Å². The largest absolute Gasteiger partial charge is 0.433 e. The molecule has 0 saturated carbocycles. The van der Waals surface area contributed by atoms with E-state index >= 15 is 0 Å². The topological polar surface area (TPSA) is 116 Å². The SMILES string of the molecule is CC(C)CC(=O)OC1OC(CO)C(O)C(O)C1O. The van der Waals surface area contributed by atoms with Crippen molar-refractivity contribution in [2.24, 2.45) is 5.92 Å². The van der Waals surface area contributed by atoms with Crippen LogP contribution in [0.1, 0.15) is 20.3 Å². The lowest BCUT2D eigenvalue weighted by Gasteiger charge is -2.39. The maximum atomic E-state index is 11.4. The smallest absolute Gasteiger partial charge is 0.308 e. The molecule has 1 rings (SSSR count). The molecule has 0 bridgehead atoms. The summed E-state index contributed by atoms with van der Waals surface area (Å²) in [6.45, 7) is 3.10. The first-order valence-electron chi connectivity index (χ1n) is 5.86. The second-order valence-corrected chi connectivity index (χ2v) is 4.79. The quantitative estimate of drug-likeness (QED) is 0.451. The Bertz CT molecular complexity index is 279. The van der Waals surface area contributed by atoms with Gasteiger partial charge in [0.1, 0.15) is 24.4 Å². The zero-order valence-electron chi connectivity index (χ0n) is 10.4. The number of ether oxygens (including phenoxy) is 2. The molecular formula is C11H20O7. The fourth-order valence-corrected chi connectivity index (χ4v) is 1.68. The molecule has 18 heavy (non-hydrogen) atoms. The highest BCUT2D eigenvalue weighted by Gasteiger charge is 2.45. The summed E-state index contributed by atoms with van der Waals surface area (Å²) >= 11 is 0. The average molecular weight is 264 g/mol. The van der Waals surface area contributed by atoms with Gasteiger partial charge in [-0.05, 0) is 5.92 Å². The number of aliphatic hydroxyl groups excluding tert-OH is 4. The number of rotatable bonds is 4. The Morgan fingerprint density at radius 2 is 1.83 bits per heavy atom. The summed E-state index contributed by atoms with van der Waals surface area (Å²) in [7, 11) is 0. The van der Waals surface area contributed by atoms with E-state index in [1.165, 1.54) is 0 Å². The van der Waals surface area contributed by atoms with Crippen molar-refractivity contribution in [2.75, 3.05) is 6.61 Å². The first kappa shape index (κ1) is 15.3. The summed E-state index contributed by atoms with van der Waals surface area (Å²) in [5, 5.41) is 37.6. The fraction of sp³-hybridized carbons (Fsp3) is 0.909. The van der Waals surface area contributed by atoms with Crippen LogP contribution >= 0.6 is 0 Å². The Hall–Kier alpha value is -0.730. The number of carbonyl (C=O) groups excluding carboxylic acids is 1. The molecule has 106 valence electrons. The third kappa shape index (κ3) is 3.63. The van der Waals surface area contributed by atoms with Crippen LogP contribution in [0.25, 0.3) is 0 Å². The molecule has 0 aromatic rings. The summed E-state index contributed by atoms with van der Waals surface area (Å²) in [5.74, 6) is -0.489. The molecule has 1 saturated heterocycles. The van der Waals surface area contributed by atoms with E-state index in [0.717, 1.165) is 0 Å². The molecule has 5 unspecified atom stereocenters. The minimum atomic E-state index is -1.54. The summed E-state index contributed by atoms with van der Waals surface area (Å²) in [5.41, 5.74) is 0. The lowest BCUT2D eigenvalue weighted by atomic mass is 9.99. The van der Waals surface area contributed by atoms with Crippen LogP contribution < -0.4 is 0 Å². The van der Waals surface area contributed by atoms with E-state index in [-0.39, 0.29) is 12.3 Å². The number of hydrogen-bond donors (Lipinski definition) is 4. The van der Waals surface area contributed by atoms with E-state index in [1.54, 1.807) is 0 Å². The highest BCUT2D eigenvalue weighted by molar-refractivity contribution is 5.69. The van der Waals surface area contributed by atoms with Gasteiger partial charge in [-0.2, -0.15) is 0 Å². The van der Waals surface area contributed by atoms with Crippen molar-refractivity contribution in [1.29, 1.82) is 0 Å². The predicted octanol–water partition coefficient (Wildman–Crippen LogP) is -1.62. The number of esters is 1. The lowest BCUT2D eigenvalue weighted by molar-refractivity contribution is -0.292. The molecule has 1 aliphatic rings. The van der Waals surface area contributed by atoms with E-state index in [4.69, 9.17) is 14.6 Å². The maximum Gasteiger partial charge on any atom is 0.308 e. The number of hydrogen-bond acceptors (Lipinski definition) is 7. The molecule has 1 fully saturated rings. The number of aliphatic hydroxyl groups is 4. The van der Waals surface area contributed by atoms with Gasteiger partial charge < -0.3 is 29.9 Å². The first-order chi connectivity index (χ1) is 8.36. The second kappa shape index (κ2) is 6.44. The molecule has 1 aliphatic heterocycles. The third-order valence-electron chi connectivity index (χ3n) is 2.67. The number of carbonyl (C=O) groups is 1. The highest BCUT2D eigenvalue weighted by atomic mass is 16.7. The van der Waals surface area contributed by atoms with E-state index < -0.39 is 43.3 Å². The van der Waals surface area contributed by atoms with Crippen molar-refractivity contribution in [1.82, 2.24) is 0 Å². The van der Waals surface area contributed by atoms with Crippen molar-refractivity contribution >= 4 is 5.97 Å². The third-order valence-corrected chi connectivity index (χ3v) is 2.67. The van der Waals surface area contributed by atoms with Crippen LogP contribution in [0, 0.1) is 5.92 Å². The van der Waals surface area contributed by atoms with Gasteiger partial charge in [0.05, 0.1) is 6.61 Å². The normalized spacial score (nSPS) is 36.7. The van der Waals surface area contributed by atoms with Crippen LogP contribution in [0.5, 0.6) is 0 Å². The van der Waals surface area contributed by atoms with E-state index in [1.807, 2.05) is 13.8 Å². The van der Waals surface area contributed by atoms with Crippen molar-refractivity contribution in [3.05, 3.63) is 0 Å². The van der Waals surface area contributed by atoms with Crippen molar-refractivity contribution < 1.29 is 34.7 Å². The first-order valence-corrected chi connectivity index (χ1v) is 5.86. The van der Waals surface area contributed by atoms with Gasteiger partial charge in [0.25, 0.3) is 0 Å². The van der Waals surface area contributed by atoms with Gasteiger partial charge >= 0.3 is 5.97 Å². The minimum absolute atomic E-state index is 0.0855. The molecule has 5 atom stereocenters. The summed E-state index contributed by atoms with van der Waals surface area (Å²) in [6.07, 6.45) is -6.83. The highest BCUT2D eigenvalue weighted by Crippen LogP contribution is 2.22. The molecule has 7 heteroatoms. The molecule has 0 radical (unpaired) electrons. The zero-order valence-corrected chi connectivity index (χ0v) is 10.4. The van der Waals surface area contributed by atoms with E-state index in [9.17, 15) is 20.1 Å². The van der Waals surface area contributed by atoms with Gasteiger partial charge in [-0.15, -0.1) is 0 Å². The zero-order chi connectivity index (χ0) is 13.9. The minimum Gasteiger partial charge on any atom is -0.433 e. The standard InChI is InChI=1S/C11H20O7/c1-5(2)3-7(13)18-11-10(16)9(15)8(14)6(4-12)17-11/h5-6,8-12,14-16H,3-4H2,1-2H3. The second-order valence-electron chi connectivity index (χ2n) is 4.79. The Kier molecular flexibility index (Phi) is 5.48. The molecule has 0 aromatic heterocycles. The van der Waals surface area contributed by atoms with Gasteiger partial charge in [-0.3, -0.25) is 4.79 Å². The van der Waals surface area contributed by atoms with Gasteiger partial charge in [0, 0.05) is 6.42 Å².